The van der Waals surface area contributed by atoms with Gasteiger partial charge in [0.1, 0.15) is 18.1 Å². The van der Waals surface area contributed by atoms with Crippen molar-refractivity contribution in [3.05, 3.63) is 40.5 Å². The average molecular weight is 376 g/mol. The molecule has 1 aromatic heterocycles. The molecule has 136 valence electrons. The summed E-state index contributed by atoms with van der Waals surface area (Å²) in [6.45, 7) is 2.86. The van der Waals surface area contributed by atoms with Gasteiger partial charge in [-0.3, -0.25) is 10.1 Å². The van der Waals surface area contributed by atoms with Gasteiger partial charge in [-0.05, 0) is 30.9 Å². The molecule has 1 aliphatic heterocycles. The van der Waals surface area contributed by atoms with Gasteiger partial charge in [0.25, 0.3) is 11.5 Å². The number of nitro benzene ring substituents is 1. The Morgan fingerprint density at radius 3 is 2.62 bits per heavy atom. The third-order valence-corrected chi connectivity index (χ3v) is 6.26. The van der Waals surface area contributed by atoms with E-state index in [0.717, 1.165) is 23.6 Å². The van der Waals surface area contributed by atoms with Gasteiger partial charge in [0.15, 0.2) is 0 Å². The molecule has 0 amide bonds. The minimum Gasteiger partial charge on any atom is -0.258 e. The van der Waals surface area contributed by atoms with E-state index in [9.17, 15) is 18.5 Å². The van der Waals surface area contributed by atoms with Crippen molar-refractivity contribution in [3.8, 4) is 11.8 Å². The summed E-state index contributed by atoms with van der Waals surface area (Å²) in [5, 5.41) is 24.0. The predicted octanol–water partition coefficient (Wildman–Crippen LogP) is 1.47. The number of aromatic nitrogens is 3. The Labute approximate surface area is 149 Å². The predicted molar refractivity (Wildman–Crippen MR) is 89.9 cm³/mol. The molecule has 1 aromatic carbocycles. The smallest absolute Gasteiger partial charge is 0.258 e. The summed E-state index contributed by atoms with van der Waals surface area (Å²) in [5.74, 6) is 0.318. The molecule has 1 saturated heterocycles. The molecular weight excluding hydrogens is 360 g/mol. The standard InChI is InChI=1S/C15H16N6O4S/c1-11-4-6-19(7-5-11)26(24,25)12-2-3-13(14(8-12)21(22)23)20-10-17-15(9-16)18-20/h2-3,8,10-11H,4-7H2,1H3. The Morgan fingerprint density at radius 2 is 2.04 bits per heavy atom. The first kappa shape index (κ1) is 18.0. The van der Waals surface area contributed by atoms with Crippen molar-refractivity contribution >= 4 is 15.7 Å². The molecule has 3 rings (SSSR count). The van der Waals surface area contributed by atoms with Crippen LogP contribution in [-0.2, 0) is 10.0 Å². The van der Waals surface area contributed by atoms with Crippen LogP contribution in [-0.4, -0.2) is 45.5 Å². The zero-order valence-corrected chi connectivity index (χ0v) is 14.8. The zero-order chi connectivity index (χ0) is 18.9. The Hall–Kier alpha value is -2.84. The molecule has 1 aliphatic rings. The maximum absolute atomic E-state index is 12.8. The lowest BCUT2D eigenvalue weighted by atomic mass is 10.0. The van der Waals surface area contributed by atoms with Gasteiger partial charge in [-0.15, -0.1) is 5.10 Å². The van der Waals surface area contributed by atoms with E-state index in [1.54, 1.807) is 6.07 Å². The van der Waals surface area contributed by atoms with Crippen molar-refractivity contribution in [2.24, 2.45) is 5.92 Å². The van der Waals surface area contributed by atoms with Crippen LogP contribution in [0.5, 0.6) is 0 Å². The Morgan fingerprint density at radius 1 is 1.35 bits per heavy atom. The van der Waals surface area contributed by atoms with Gasteiger partial charge in [0, 0.05) is 19.2 Å². The molecular formula is C15H16N6O4S. The van der Waals surface area contributed by atoms with E-state index in [0.29, 0.717) is 19.0 Å². The van der Waals surface area contributed by atoms with E-state index in [1.165, 1.54) is 22.8 Å². The van der Waals surface area contributed by atoms with Crippen LogP contribution in [0.15, 0.2) is 29.4 Å². The molecule has 0 saturated carbocycles. The first-order valence-corrected chi connectivity index (χ1v) is 9.37. The van der Waals surface area contributed by atoms with Gasteiger partial charge in [0.2, 0.25) is 10.0 Å². The van der Waals surface area contributed by atoms with E-state index < -0.39 is 20.6 Å². The molecule has 0 spiro atoms. The number of nitrogens with zero attached hydrogens (tertiary/aromatic N) is 6. The van der Waals surface area contributed by atoms with Crippen molar-refractivity contribution in [1.82, 2.24) is 19.1 Å². The lowest BCUT2D eigenvalue weighted by Crippen LogP contribution is -2.37. The van der Waals surface area contributed by atoms with Gasteiger partial charge in [-0.25, -0.2) is 18.1 Å². The zero-order valence-electron chi connectivity index (χ0n) is 13.9. The number of hydrogen-bond donors (Lipinski definition) is 0. The molecule has 0 unspecified atom stereocenters. The summed E-state index contributed by atoms with van der Waals surface area (Å²) in [6.07, 6.45) is 2.69. The highest BCUT2D eigenvalue weighted by Crippen LogP contribution is 2.29. The average Bonchev–Trinajstić information content (AvgIpc) is 3.10. The monoisotopic (exact) mass is 376 g/mol. The first-order valence-electron chi connectivity index (χ1n) is 7.93. The van der Waals surface area contributed by atoms with Gasteiger partial charge < -0.3 is 0 Å². The maximum atomic E-state index is 12.8. The van der Waals surface area contributed by atoms with Crippen LogP contribution in [0.2, 0.25) is 0 Å². The maximum Gasteiger partial charge on any atom is 0.296 e. The minimum absolute atomic E-state index is 0.0372. The van der Waals surface area contributed by atoms with E-state index in [1.807, 2.05) is 0 Å². The Bertz CT molecular complexity index is 986. The first-order chi connectivity index (χ1) is 12.3. The van der Waals surface area contributed by atoms with E-state index in [2.05, 4.69) is 17.0 Å². The fourth-order valence-electron chi connectivity index (χ4n) is 2.81. The summed E-state index contributed by atoms with van der Waals surface area (Å²) >= 11 is 0. The molecule has 11 heteroatoms. The van der Waals surface area contributed by atoms with Crippen LogP contribution in [0.3, 0.4) is 0 Å². The summed E-state index contributed by atoms with van der Waals surface area (Å²) in [4.78, 5) is 14.3. The molecule has 1 fully saturated rings. The van der Waals surface area contributed by atoms with Crippen LogP contribution in [0.25, 0.3) is 5.69 Å². The fourth-order valence-corrected chi connectivity index (χ4v) is 4.30. The second-order valence-corrected chi connectivity index (χ2v) is 8.06. The summed E-state index contributed by atoms with van der Waals surface area (Å²) in [5.41, 5.74) is -0.388. The van der Waals surface area contributed by atoms with Gasteiger partial charge in [-0.1, -0.05) is 6.92 Å². The summed E-state index contributed by atoms with van der Waals surface area (Å²) in [7, 11) is -3.81. The molecule has 2 heterocycles. The largest absolute Gasteiger partial charge is 0.296 e. The number of nitriles is 1. The lowest BCUT2D eigenvalue weighted by molar-refractivity contribution is -0.384. The van der Waals surface area contributed by atoms with Crippen LogP contribution < -0.4 is 0 Å². The molecule has 2 aromatic rings. The van der Waals surface area contributed by atoms with E-state index in [-0.39, 0.29) is 16.4 Å². The number of rotatable bonds is 4. The third kappa shape index (κ3) is 3.29. The van der Waals surface area contributed by atoms with Crippen molar-refractivity contribution in [1.29, 1.82) is 5.26 Å². The SMILES string of the molecule is CC1CCN(S(=O)(=O)c2ccc(-n3cnc(C#N)n3)c([N+](=O)[O-])c2)CC1. The molecule has 0 aliphatic carbocycles. The number of benzene rings is 1. The minimum atomic E-state index is -3.81. The molecule has 0 N–H and O–H groups in total. The van der Waals surface area contributed by atoms with Crippen molar-refractivity contribution < 1.29 is 13.3 Å². The van der Waals surface area contributed by atoms with Crippen molar-refractivity contribution in [2.75, 3.05) is 13.1 Å². The number of piperidine rings is 1. The molecule has 0 radical (unpaired) electrons. The number of sulfonamides is 1. The molecule has 0 atom stereocenters. The topological polar surface area (TPSA) is 135 Å². The second-order valence-electron chi connectivity index (χ2n) is 6.12. The Kier molecular flexibility index (Phi) is 4.71. The van der Waals surface area contributed by atoms with Gasteiger partial charge in [-0.2, -0.15) is 9.57 Å². The lowest BCUT2D eigenvalue weighted by Gasteiger charge is -2.29. The van der Waals surface area contributed by atoms with Crippen LogP contribution >= 0.6 is 0 Å². The van der Waals surface area contributed by atoms with E-state index in [4.69, 9.17) is 5.26 Å². The second kappa shape index (κ2) is 6.81. The van der Waals surface area contributed by atoms with Gasteiger partial charge >= 0.3 is 0 Å². The normalized spacial score (nSPS) is 16.3. The number of nitro groups is 1. The highest BCUT2D eigenvalue weighted by molar-refractivity contribution is 7.89. The highest BCUT2D eigenvalue weighted by atomic mass is 32.2. The van der Waals surface area contributed by atoms with Crippen LogP contribution in [0.1, 0.15) is 25.6 Å². The van der Waals surface area contributed by atoms with Crippen molar-refractivity contribution in [3.63, 3.8) is 0 Å². The fraction of sp³-hybridized carbons (Fsp3) is 0.400. The van der Waals surface area contributed by atoms with Gasteiger partial charge in [0.05, 0.1) is 9.82 Å². The van der Waals surface area contributed by atoms with Crippen LogP contribution in [0.4, 0.5) is 5.69 Å². The van der Waals surface area contributed by atoms with Crippen molar-refractivity contribution in [2.45, 2.75) is 24.7 Å². The molecule has 0 bridgehead atoms. The van der Waals surface area contributed by atoms with E-state index >= 15 is 0 Å². The summed E-state index contributed by atoms with van der Waals surface area (Å²) in [6, 6.07) is 5.36. The quantitative estimate of drug-likeness (QED) is 0.582. The molecule has 26 heavy (non-hydrogen) atoms. The van der Waals surface area contributed by atoms with Crippen LogP contribution in [0, 0.1) is 27.4 Å². The summed E-state index contributed by atoms with van der Waals surface area (Å²) < 4.78 is 28.0. The third-order valence-electron chi connectivity index (χ3n) is 4.36. The number of hydrogen-bond acceptors (Lipinski definition) is 7. The Balaban J connectivity index is 2.01. The highest BCUT2D eigenvalue weighted by Gasteiger charge is 2.30. The molecule has 10 nitrogen and oxygen atoms in total.